The highest BCUT2D eigenvalue weighted by molar-refractivity contribution is 5.71. The monoisotopic (exact) mass is 309 g/mol. The van der Waals surface area contributed by atoms with Gasteiger partial charge < -0.3 is 20.3 Å². The van der Waals surface area contributed by atoms with Gasteiger partial charge in [-0.25, -0.2) is 4.79 Å². The molecule has 1 unspecified atom stereocenters. The van der Waals surface area contributed by atoms with E-state index in [0.29, 0.717) is 0 Å². The Labute approximate surface area is 130 Å². The zero-order chi connectivity index (χ0) is 16.8. The van der Waals surface area contributed by atoms with Gasteiger partial charge in [-0.2, -0.15) is 0 Å². The number of benzene rings is 1. The summed E-state index contributed by atoms with van der Waals surface area (Å²) >= 11 is 0. The first-order chi connectivity index (χ1) is 10.2. The lowest BCUT2D eigenvalue weighted by Crippen LogP contribution is -2.49. The molecule has 122 valence electrons. The number of amides is 1. The van der Waals surface area contributed by atoms with Gasteiger partial charge in [-0.15, -0.1) is 0 Å². The van der Waals surface area contributed by atoms with Crippen LogP contribution in [0.25, 0.3) is 0 Å². The Kier molecular flexibility index (Phi) is 6.37. The zero-order valence-electron chi connectivity index (χ0n) is 13.1. The van der Waals surface area contributed by atoms with E-state index in [9.17, 15) is 14.7 Å². The normalized spacial score (nSPS) is 14.0. The van der Waals surface area contributed by atoms with E-state index in [1.54, 1.807) is 20.8 Å². The summed E-state index contributed by atoms with van der Waals surface area (Å²) in [5, 5.41) is 21.5. The third-order valence-electron chi connectivity index (χ3n) is 3.18. The third-order valence-corrected chi connectivity index (χ3v) is 3.18. The molecule has 2 atom stereocenters. The van der Waals surface area contributed by atoms with Crippen molar-refractivity contribution in [3.05, 3.63) is 35.9 Å². The van der Waals surface area contributed by atoms with Crippen molar-refractivity contribution in [2.24, 2.45) is 5.41 Å². The van der Waals surface area contributed by atoms with Crippen LogP contribution in [0.15, 0.2) is 30.3 Å². The van der Waals surface area contributed by atoms with Gasteiger partial charge in [-0.05, 0) is 11.0 Å². The summed E-state index contributed by atoms with van der Waals surface area (Å²) in [4.78, 5) is 22.7. The maximum Gasteiger partial charge on any atom is 0.407 e. The van der Waals surface area contributed by atoms with E-state index in [1.165, 1.54) is 0 Å². The molecule has 0 saturated carbocycles. The number of carbonyl (C=O) groups excluding carboxylic acids is 1. The van der Waals surface area contributed by atoms with Gasteiger partial charge in [-0.3, -0.25) is 4.79 Å². The SMILES string of the molecule is CC(C)(C)C(O)[C@H](CC(=O)O)NC(=O)OCc1ccccc1. The van der Waals surface area contributed by atoms with Crippen molar-refractivity contribution < 1.29 is 24.5 Å². The lowest BCUT2D eigenvalue weighted by molar-refractivity contribution is -0.138. The molecule has 3 N–H and O–H groups in total. The van der Waals surface area contributed by atoms with Crippen LogP contribution in [0.1, 0.15) is 32.8 Å². The number of carbonyl (C=O) groups is 2. The summed E-state index contributed by atoms with van der Waals surface area (Å²) < 4.78 is 5.05. The van der Waals surface area contributed by atoms with Crippen molar-refractivity contribution in [2.75, 3.05) is 0 Å². The lowest BCUT2D eigenvalue weighted by atomic mass is 9.83. The third kappa shape index (κ3) is 6.13. The number of hydrogen-bond donors (Lipinski definition) is 3. The minimum Gasteiger partial charge on any atom is -0.481 e. The highest BCUT2D eigenvalue weighted by Crippen LogP contribution is 2.23. The fourth-order valence-electron chi connectivity index (χ4n) is 1.95. The number of aliphatic carboxylic acids is 1. The Bertz CT molecular complexity index is 495. The Morgan fingerprint density at radius 2 is 1.82 bits per heavy atom. The van der Waals surface area contributed by atoms with Crippen molar-refractivity contribution in [1.82, 2.24) is 5.32 Å². The largest absolute Gasteiger partial charge is 0.481 e. The second-order valence-corrected chi connectivity index (χ2v) is 6.22. The van der Waals surface area contributed by atoms with Crippen LogP contribution in [0.3, 0.4) is 0 Å². The number of carboxylic acid groups (broad SMARTS) is 1. The molecular formula is C16H23NO5. The molecule has 1 aromatic rings. The molecule has 0 fully saturated rings. The van der Waals surface area contributed by atoms with Gasteiger partial charge in [0.25, 0.3) is 0 Å². The fourth-order valence-corrected chi connectivity index (χ4v) is 1.95. The van der Waals surface area contributed by atoms with Gasteiger partial charge in [0.1, 0.15) is 6.61 Å². The second-order valence-electron chi connectivity index (χ2n) is 6.22. The molecule has 0 saturated heterocycles. The summed E-state index contributed by atoms with van der Waals surface area (Å²) in [6.07, 6.45) is -2.13. The van der Waals surface area contributed by atoms with Gasteiger partial charge in [0.05, 0.1) is 18.6 Å². The number of carboxylic acids is 1. The number of aliphatic hydroxyl groups excluding tert-OH is 1. The maximum absolute atomic E-state index is 11.8. The molecule has 0 aliphatic carbocycles. The van der Waals surface area contributed by atoms with E-state index in [2.05, 4.69) is 5.32 Å². The van der Waals surface area contributed by atoms with Crippen molar-refractivity contribution in [3.63, 3.8) is 0 Å². The van der Waals surface area contributed by atoms with E-state index in [4.69, 9.17) is 9.84 Å². The zero-order valence-corrected chi connectivity index (χ0v) is 13.1. The number of nitrogens with one attached hydrogen (secondary N) is 1. The number of aliphatic hydroxyl groups is 1. The molecule has 0 aliphatic heterocycles. The average Bonchev–Trinajstić information content (AvgIpc) is 2.43. The second kappa shape index (κ2) is 7.79. The Morgan fingerprint density at radius 3 is 2.32 bits per heavy atom. The molecule has 0 spiro atoms. The van der Waals surface area contributed by atoms with E-state index < -0.39 is 29.6 Å². The van der Waals surface area contributed by atoms with Crippen LogP contribution < -0.4 is 5.32 Å². The molecule has 0 radical (unpaired) electrons. The van der Waals surface area contributed by atoms with E-state index in [0.717, 1.165) is 5.56 Å². The number of ether oxygens (including phenoxy) is 1. The number of hydrogen-bond acceptors (Lipinski definition) is 4. The summed E-state index contributed by atoms with van der Waals surface area (Å²) in [6.45, 7) is 5.38. The van der Waals surface area contributed by atoms with Gasteiger partial charge in [0, 0.05) is 0 Å². The van der Waals surface area contributed by atoms with Crippen molar-refractivity contribution in [1.29, 1.82) is 0 Å². The topological polar surface area (TPSA) is 95.9 Å². The first kappa shape index (κ1) is 18.0. The first-order valence-corrected chi connectivity index (χ1v) is 7.07. The molecule has 22 heavy (non-hydrogen) atoms. The van der Waals surface area contributed by atoms with Crippen molar-refractivity contribution in [3.8, 4) is 0 Å². The van der Waals surface area contributed by atoms with E-state index in [1.807, 2.05) is 30.3 Å². The van der Waals surface area contributed by atoms with Crippen LogP contribution in [-0.4, -0.2) is 34.4 Å². The molecule has 1 amide bonds. The quantitative estimate of drug-likeness (QED) is 0.748. The standard InChI is InChI=1S/C16H23NO5/c1-16(2,3)14(20)12(9-13(18)19)17-15(21)22-10-11-7-5-4-6-8-11/h4-8,12,14,20H,9-10H2,1-3H3,(H,17,21)(H,18,19)/t12-,14?/m0/s1. The van der Waals surface area contributed by atoms with Crippen LogP contribution in [0.5, 0.6) is 0 Å². The van der Waals surface area contributed by atoms with Gasteiger partial charge in [0.15, 0.2) is 0 Å². The highest BCUT2D eigenvalue weighted by Gasteiger charge is 2.33. The maximum atomic E-state index is 11.8. The molecule has 1 rings (SSSR count). The minimum atomic E-state index is -1.10. The lowest BCUT2D eigenvalue weighted by Gasteiger charge is -2.32. The van der Waals surface area contributed by atoms with Crippen LogP contribution >= 0.6 is 0 Å². The number of rotatable bonds is 6. The fraction of sp³-hybridized carbons (Fsp3) is 0.500. The summed E-state index contributed by atoms with van der Waals surface area (Å²) in [7, 11) is 0. The predicted molar refractivity (Wildman–Crippen MR) is 81.3 cm³/mol. The van der Waals surface area contributed by atoms with Crippen molar-refractivity contribution in [2.45, 2.75) is 45.9 Å². The van der Waals surface area contributed by atoms with Crippen molar-refractivity contribution >= 4 is 12.1 Å². The molecule has 0 bridgehead atoms. The van der Waals surface area contributed by atoms with E-state index in [-0.39, 0.29) is 13.0 Å². The predicted octanol–water partition coefficient (Wildman–Crippen LogP) is 2.16. The molecule has 1 aromatic carbocycles. The van der Waals surface area contributed by atoms with Crippen LogP contribution in [0.2, 0.25) is 0 Å². The average molecular weight is 309 g/mol. The number of alkyl carbamates (subject to hydrolysis) is 1. The van der Waals surface area contributed by atoms with Gasteiger partial charge in [-0.1, -0.05) is 51.1 Å². The molecule has 6 nitrogen and oxygen atoms in total. The molecule has 0 aromatic heterocycles. The molecule has 6 heteroatoms. The smallest absolute Gasteiger partial charge is 0.407 e. The Morgan fingerprint density at radius 1 is 1.23 bits per heavy atom. The summed E-state index contributed by atoms with van der Waals surface area (Å²) in [6, 6.07) is 8.21. The van der Waals surface area contributed by atoms with Gasteiger partial charge in [0.2, 0.25) is 0 Å². The highest BCUT2D eigenvalue weighted by atomic mass is 16.5. The van der Waals surface area contributed by atoms with Gasteiger partial charge >= 0.3 is 12.1 Å². The first-order valence-electron chi connectivity index (χ1n) is 7.07. The summed E-state index contributed by atoms with van der Waals surface area (Å²) in [5.41, 5.74) is 0.260. The molecule has 0 aliphatic rings. The minimum absolute atomic E-state index is 0.0814. The summed E-state index contributed by atoms with van der Waals surface area (Å²) in [5.74, 6) is -1.10. The van der Waals surface area contributed by atoms with E-state index >= 15 is 0 Å². The van der Waals surface area contributed by atoms with Crippen LogP contribution in [-0.2, 0) is 16.1 Å². The molecule has 0 heterocycles. The Balaban J connectivity index is 2.61. The van der Waals surface area contributed by atoms with Crippen LogP contribution in [0, 0.1) is 5.41 Å². The Hall–Kier alpha value is -2.08. The van der Waals surface area contributed by atoms with Crippen LogP contribution in [0.4, 0.5) is 4.79 Å². The molecular weight excluding hydrogens is 286 g/mol.